The van der Waals surface area contributed by atoms with Gasteiger partial charge in [0.15, 0.2) is 0 Å². The number of nitrogens with one attached hydrogen (secondary N) is 5. The standard InChI is InChI=1S/C67H79N5O9S2/c1-48(2)60(63(78)69-46-59(75)80-6)72-62(77)57(47-83-67(52-35-19-10-20-36-52,53-37-21-11-22-38-53)54-39-23-12-24-40-54)71-61(76)56(42-25-27-43-68-64(79)81-65(3,4)5)70-58(74)45-55(73)41-26-28-44-82-66(49-29-13-7-14-30-49,50-31-15-8-16-32-50)51-33-17-9-18-34-51/h7-24,26,29-41,48,55-57,60,73H,25,27-28,42-47H2,1-6H3,(H,68,79)(H,69,78)(H,70,74)(H,71,76)(H,72,77)/b41-26+/t55-,56-,57-,60-/m1/s1. The summed E-state index contributed by atoms with van der Waals surface area (Å²) in [4.78, 5) is 82.0. The van der Waals surface area contributed by atoms with E-state index in [4.69, 9.17) is 9.47 Å². The SMILES string of the molecule is COC(=O)CNC(=O)[C@H](NC(=O)[C@@H](CSC(c1ccccc1)(c1ccccc1)c1ccccc1)NC(=O)[C@@H](CCCCNC(=O)OC(C)(C)C)NC(=O)C[C@H](O)/C=C/CCSC(c1ccccc1)(c1ccccc1)c1ccccc1)C(C)C. The van der Waals surface area contributed by atoms with Gasteiger partial charge in [-0.1, -0.05) is 208 Å². The molecule has 0 saturated carbocycles. The van der Waals surface area contributed by atoms with E-state index in [1.807, 2.05) is 152 Å². The van der Waals surface area contributed by atoms with Gasteiger partial charge in [-0.15, -0.1) is 23.5 Å². The van der Waals surface area contributed by atoms with Gasteiger partial charge in [-0.05, 0) is 91.5 Å². The summed E-state index contributed by atoms with van der Waals surface area (Å²) in [5.74, 6) is -3.08. The summed E-state index contributed by atoms with van der Waals surface area (Å²) in [6.45, 7) is 8.58. The highest BCUT2D eigenvalue weighted by Gasteiger charge is 2.40. The Morgan fingerprint density at radius 1 is 0.554 bits per heavy atom. The third-order valence-electron chi connectivity index (χ3n) is 13.7. The Hall–Kier alpha value is -7.66. The number of benzene rings is 6. The molecular formula is C67H79N5O9S2. The molecule has 0 spiro atoms. The van der Waals surface area contributed by atoms with Gasteiger partial charge >= 0.3 is 12.1 Å². The van der Waals surface area contributed by atoms with Crippen molar-refractivity contribution in [3.8, 4) is 0 Å². The number of amides is 5. The maximum atomic E-state index is 14.9. The number of aliphatic hydroxyl groups excluding tert-OH is 1. The van der Waals surface area contributed by atoms with Crippen LogP contribution in [-0.4, -0.2) is 102 Å². The average Bonchev–Trinajstić information content (AvgIpc) is 2.50. The average molecular weight is 1160 g/mol. The van der Waals surface area contributed by atoms with E-state index in [-0.39, 0.29) is 25.1 Å². The third-order valence-corrected chi connectivity index (χ3v) is 16.9. The van der Waals surface area contributed by atoms with Crippen LogP contribution in [0.2, 0.25) is 0 Å². The lowest BCUT2D eigenvalue weighted by Gasteiger charge is -2.37. The molecule has 0 aliphatic rings. The van der Waals surface area contributed by atoms with Gasteiger partial charge in [-0.3, -0.25) is 24.0 Å². The molecule has 0 radical (unpaired) electrons. The summed E-state index contributed by atoms with van der Waals surface area (Å²) in [6.07, 6.45) is 2.74. The highest BCUT2D eigenvalue weighted by Crippen LogP contribution is 2.50. The topological polar surface area (TPSA) is 201 Å². The second-order valence-corrected chi connectivity index (χ2v) is 23.9. The van der Waals surface area contributed by atoms with Crippen molar-refractivity contribution in [2.75, 3.05) is 31.7 Å². The zero-order chi connectivity index (χ0) is 59.7. The summed E-state index contributed by atoms with van der Waals surface area (Å²) >= 11 is 3.21. The number of hydrogen-bond acceptors (Lipinski definition) is 11. The number of thioether (sulfide) groups is 2. The fourth-order valence-electron chi connectivity index (χ4n) is 9.62. The first kappa shape index (κ1) is 64.5. The Labute approximate surface area is 497 Å². The molecule has 14 nitrogen and oxygen atoms in total. The van der Waals surface area contributed by atoms with Gasteiger partial charge in [0.1, 0.15) is 30.3 Å². The molecule has 0 fully saturated rings. The van der Waals surface area contributed by atoms with Crippen LogP contribution in [0.4, 0.5) is 4.79 Å². The number of rotatable bonds is 30. The molecule has 6 N–H and O–H groups in total. The Balaban J connectivity index is 1.25. The van der Waals surface area contributed by atoms with Crippen molar-refractivity contribution >= 4 is 59.2 Å². The van der Waals surface area contributed by atoms with Crippen molar-refractivity contribution in [2.24, 2.45) is 5.92 Å². The lowest BCUT2D eigenvalue weighted by Crippen LogP contribution is -2.59. The van der Waals surface area contributed by atoms with Gasteiger partial charge in [0.25, 0.3) is 0 Å². The maximum absolute atomic E-state index is 14.9. The van der Waals surface area contributed by atoms with E-state index in [0.29, 0.717) is 25.0 Å². The predicted octanol–water partition coefficient (Wildman–Crippen LogP) is 10.2. The smallest absolute Gasteiger partial charge is 0.407 e. The van der Waals surface area contributed by atoms with Crippen LogP contribution < -0.4 is 26.6 Å². The third kappa shape index (κ3) is 18.9. The second-order valence-electron chi connectivity index (χ2n) is 21.3. The van der Waals surface area contributed by atoms with Crippen molar-refractivity contribution < 1.29 is 43.3 Å². The van der Waals surface area contributed by atoms with Crippen LogP contribution in [-0.2, 0) is 42.9 Å². The molecule has 0 aliphatic heterocycles. The number of aliphatic hydroxyl groups is 1. The monoisotopic (exact) mass is 1160 g/mol. The maximum Gasteiger partial charge on any atom is 0.407 e. The van der Waals surface area contributed by atoms with Crippen LogP contribution in [0.25, 0.3) is 0 Å². The van der Waals surface area contributed by atoms with Crippen molar-refractivity contribution in [3.63, 3.8) is 0 Å². The molecule has 6 aromatic rings. The lowest BCUT2D eigenvalue weighted by atomic mass is 9.84. The summed E-state index contributed by atoms with van der Waals surface area (Å²) < 4.78 is 8.68. The van der Waals surface area contributed by atoms with E-state index in [9.17, 15) is 33.9 Å². The van der Waals surface area contributed by atoms with Crippen molar-refractivity contribution in [1.29, 1.82) is 0 Å². The number of carbonyl (C=O) groups excluding carboxylic acids is 6. The normalized spacial score (nSPS) is 13.2. The number of hydrogen-bond donors (Lipinski definition) is 6. The quantitative estimate of drug-likeness (QED) is 0.0109. The zero-order valence-corrected chi connectivity index (χ0v) is 49.9. The number of allylic oxidation sites excluding steroid dienone is 1. The molecule has 4 atom stereocenters. The number of ether oxygens (including phenoxy) is 2. The molecule has 6 aromatic carbocycles. The minimum atomic E-state index is -1.30. The van der Waals surface area contributed by atoms with Crippen LogP contribution in [0.5, 0.6) is 0 Å². The van der Waals surface area contributed by atoms with E-state index in [1.165, 1.54) is 18.9 Å². The van der Waals surface area contributed by atoms with Gasteiger partial charge in [-0.2, -0.15) is 0 Å². The summed E-state index contributed by atoms with van der Waals surface area (Å²) in [5.41, 5.74) is 5.41. The minimum Gasteiger partial charge on any atom is -0.468 e. The molecule has 5 amide bonds. The number of carbonyl (C=O) groups is 6. The molecule has 0 heterocycles. The molecule has 16 heteroatoms. The van der Waals surface area contributed by atoms with E-state index < -0.39 is 87.5 Å². The van der Waals surface area contributed by atoms with Crippen molar-refractivity contribution in [2.45, 2.75) is 106 Å². The van der Waals surface area contributed by atoms with Gasteiger partial charge in [-0.25, -0.2) is 4.79 Å². The molecule has 0 aliphatic carbocycles. The van der Waals surface area contributed by atoms with Gasteiger partial charge < -0.3 is 41.2 Å². The molecule has 0 unspecified atom stereocenters. The van der Waals surface area contributed by atoms with Crippen LogP contribution in [0.15, 0.2) is 194 Å². The fourth-order valence-corrected chi connectivity index (χ4v) is 12.7. The summed E-state index contributed by atoms with van der Waals surface area (Å²) in [7, 11) is 1.20. The van der Waals surface area contributed by atoms with Gasteiger partial charge in [0.2, 0.25) is 23.6 Å². The fraction of sp³-hybridized carbons (Fsp3) is 0.343. The van der Waals surface area contributed by atoms with Crippen LogP contribution in [0, 0.1) is 5.92 Å². The lowest BCUT2D eigenvalue weighted by molar-refractivity contribution is -0.141. The Morgan fingerprint density at radius 2 is 0.988 bits per heavy atom. The summed E-state index contributed by atoms with van der Waals surface area (Å²) in [6, 6.07) is 57.0. The first-order valence-corrected chi connectivity index (χ1v) is 30.1. The van der Waals surface area contributed by atoms with Crippen LogP contribution >= 0.6 is 23.5 Å². The molecule has 0 bridgehead atoms. The minimum absolute atomic E-state index is 0.0315. The number of esters is 1. The molecule has 83 heavy (non-hydrogen) atoms. The van der Waals surface area contributed by atoms with E-state index in [2.05, 4.69) is 63.0 Å². The first-order chi connectivity index (χ1) is 40.0. The molecule has 0 saturated heterocycles. The Bertz CT molecular complexity index is 2810. The van der Waals surface area contributed by atoms with E-state index >= 15 is 0 Å². The second kappa shape index (κ2) is 32.3. The van der Waals surface area contributed by atoms with Crippen LogP contribution in [0.1, 0.15) is 100 Å². The number of methoxy groups -OCH3 is 1. The van der Waals surface area contributed by atoms with Crippen molar-refractivity contribution in [1.82, 2.24) is 26.6 Å². The van der Waals surface area contributed by atoms with Crippen LogP contribution in [0.3, 0.4) is 0 Å². The highest BCUT2D eigenvalue weighted by atomic mass is 32.2. The number of unbranched alkanes of at least 4 members (excludes halogenated alkanes) is 1. The van der Waals surface area contributed by atoms with Gasteiger partial charge in [0.05, 0.1) is 29.1 Å². The largest absolute Gasteiger partial charge is 0.468 e. The van der Waals surface area contributed by atoms with Gasteiger partial charge in [0, 0.05) is 12.3 Å². The van der Waals surface area contributed by atoms with E-state index in [0.717, 1.165) is 33.4 Å². The van der Waals surface area contributed by atoms with Crippen molar-refractivity contribution in [3.05, 3.63) is 228 Å². The highest BCUT2D eigenvalue weighted by molar-refractivity contribution is 8.00. The molecular weight excluding hydrogens is 1080 g/mol. The predicted molar refractivity (Wildman–Crippen MR) is 331 cm³/mol. The Morgan fingerprint density at radius 3 is 1.41 bits per heavy atom. The summed E-state index contributed by atoms with van der Waals surface area (Å²) in [5, 5.41) is 25.3. The number of alkyl carbamates (subject to hydrolysis) is 1. The molecule has 6 rings (SSSR count). The zero-order valence-electron chi connectivity index (χ0n) is 48.3. The molecule has 438 valence electrons. The Kier molecular flexibility index (Phi) is 25.1. The molecule has 0 aromatic heterocycles. The first-order valence-electron chi connectivity index (χ1n) is 28.1. The van der Waals surface area contributed by atoms with E-state index in [1.54, 1.807) is 52.5 Å².